The molecule has 0 aromatic rings. The Labute approximate surface area is 38.2 Å². The lowest BCUT2D eigenvalue weighted by Gasteiger charge is -1.99. The summed E-state index contributed by atoms with van der Waals surface area (Å²) in [5.41, 5.74) is 0. The number of hydrogen-bond acceptors (Lipinski definition) is 2. The number of nitrogens with one attached hydrogen (secondary N) is 1. The summed E-state index contributed by atoms with van der Waals surface area (Å²) in [6.07, 6.45) is -0.407. The van der Waals surface area contributed by atoms with Crippen molar-refractivity contribution in [3.05, 3.63) is 6.54 Å². The van der Waals surface area contributed by atoms with Crippen LogP contribution < -0.4 is 5.32 Å². The highest BCUT2D eigenvalue weighted by atomic mass is 16.3. The van der Waals surface area contributed by atoms with Crippen molar-refractivity contribution in [2.24, 2.45) is 0 Å². The van der Waals surface area contributed by atoms with Crippen molar-refractivity contribution in [1.82, 2.24) is 5.32 Å². The van der Waals surface area contributed by atoms with Crippen LogP contribution in [-0.4, -0.2) is 11.3 Å². The third-order valence-corrected chi connectivity index (χ3v) is 0.408. The minimum Gasteiger partial charge on any atom is -0.379 e. The lowest BCUT2D eigenvalue weighted by atomic mass is 10.6. The summed E-state index contributed by atoms with van der Waals surface area (Å²) in [6.45, 7) is 5.19. The Morgan fingerprint density at radius 3 is 2.33 bits per heavy atom. The molecule has 37 valence electrons. The topological polar surface area (TPSA) is 32.3 Å². The van der Waals surface area contributed by atoms with Crippen LogP contribution in [0, 0.1) is 6.54 Å². The molecule has 1 unspecified atom stereocenters. The summed E-state index contributed by atoms with van der Waals surface area (Å²) in [7, 11) is 0. The van der Waals surface area contributed by atoms with E-state index in [1.807, 2.05) is 6.92 Å². The van der Waals surface area contributed by atoms with Crippen molar-refractivity contribution in [1.29, 1.82) is 0 Å². The molecule has 1 radical (unpaired) electrons. The summed E-state index contributed by atoms with van der Waals surface area (Å²) in [5, 5.41) is 11.0. The zero-order valence-corrected chi connectivity index (χ0v) is 4.10. The molecule has 0 amide bonds. The molecule has 0 aromatic carbocycles. The lowest BCUT2D eigenvalue weighted by Crippen LogP contribution is -2.20. The average molecular weight is 88.1 g/mol. The summed E-state index contributed by atoms with van der Waals surface area (Å²) in [6, 6.07) is 0. The predicted octanol–water partition coefficient (Wildman–Crippen LogP) is 0.0960. The molecule has 0 aliphatic rings. The molecule has 0 spiro atoms. The number of aliphatic hydroxyl groups is 1. The Morgan fingerprint density at radius 2 is 2.33 bits per heavy atom. The third kappa shape index (κ3) is 3.92. The molecule has 2 N–H and O–H groups in total. The smallest absolute Gasteiger partial charge is 0.102 e. The first-order chi connectivity index (χ1) is 2.77. The van der Waals surface area contributed by atoms with Crippen LogP contribution in [0.5, 0.6) is 0 Å². The Kier molecular flexibility index (Phi) is 3.08. The minimum absolute atomic E-state index is 0.407. The molecule has 0 aliphatic heterocycles. The first-order valence-corrected chi connectivity index (χ1v) is 1.99. The van der Waals surface area contributed by atoms with E-state index in [1.54, 1.807) is 13.5 Å². The van der Waals surface area contributed by atoms with Crippen molar-refractivity contribution < 1.29 is 5.11 Å². The summed E-state index contributed by atoms with van der Waals surface area (Å²) in [4.78, 5) is 0. The first-order valence-electron chi connectivity index (χ1n) is 1.99. The van der Waals surface area contributed by atoms with Gasteiger partial charge in [-0.15, -0.1) is 0 Å². The summed E-state index contributed by atoms with van der Waals surface area (Å²) < 4.78 is 0. The van der Waals surface area contributed by atoms with E-state index >= 15 is 0 Å². The Morgan fingerprint density at radius 1 is 1.83 bits per heavy atom. The van der Waals surface area contributed by atoms with E-state index in [0.29, 0.717) is 0 Å². The second-order valence-electron chi connectivity index (χ2n) is 1.13. The highest BCUT2D eigenvalue weighted by Gasteiger charge is 1.84. The molecule has 0 bridgehead atoms. The zero-order valence-electron chi connectivity index (χ0n) is 4.10. The molecule has 2 nitrogen and oxygen atoms in total. The van der Waals surface area contributed by atoms with Crippen LogP contribution in [0.15, 0.2) is 0 Å². The number of aliphatic hydroxyl groups excluding tert-OH is 1. The van der Waals surface area contributed by atoms with Gasteiger partial charge in [0.2, 0.25) is 0 Å². The van der Waals surface area contributed by atoms with Crippen molar-refractivity contribution >= 4 is 0 Å². The van der Waals surface area contributed by atoms with Crippen LogP contribution in [0.25, 0.3) is 0 Å². The molecule has 0 aromatic heterocycles. The Hall–Kier alpha value is -0.0800. The molecular weight excluding hydrogens is 78.0 g/mol. The summed E-state index contributed by atoms with van der Waals surface area (Å²) in [5.74, 6) is 0. The Bertz CT molecular complexity index is 28.7. The maximum absolute atomic E-state index is 8.41. The molecule has 2 heteroatoms. The molecule has 0 saturated heterocycles. The molecular formula is C4H10NO. The van der Waals surface area contributed by atoms with Gasteiger partial charge >= 0.3 is 0 Å². The van der Waals surface area contributed by atoms with Crippen LogP contribution in [0.1, 0.15) is 13.8 Å². The highest BCUT2D eigenvalue weighted by molar-refractivity contribution is 4.50. The molecule has 0 rings (SSSR count). The maximum Gasteiger partial charge on any atom is 0.102 e. The molecule has 0 heterocycles. The van der Waals surface area contributed by atoms with E-state index in [0.717, 1.165) is 0 Å². The van der Waals surface area contributed by atoms with Gasteiger partial charge in [0.1, 0.15) is 6.23 Å². The van der Waals surface area contributed by atoms with Gasteiger partial charge in [0, 0.05) is 6.54 Å². The maximum atomic E-state index is 8.41. The van der Waals surface area contributed by atoms with E-state index in [-0.39, 0.29) is 0 Å². The Balaban J connectivity index is 2.63. The van der Waals surface area contributed by atoms with Crippen LogP contribution in [-0.2, 0) is 0 Å². The van der Waals surface area contributed by atoms with E-state index in [9.17, 15) is 0 Å². The van der Waals surface area contributed by atoms with Crippen LogP contribution in [0.2, 0.25) is 0 Å². The zero-order chi connectivity index (χ0) is 4.99. The van der Waals surface area contributed by atoms with Gasteiger partial charge in [-0.3, -0.25) is 5.32 Å². The largest absolute Gasteiger partial charge is 0.379 e. The highest BCUT2D eigenvalue weighted by Crippen LogP contribution is 1.69. The fourth-order valence-corrected chi connectivity index (χ4v) is 0.241. The van der Waals surface area contributed by atoms with Crippen LogP contribution in [0.4, 0.5) is 0 Å². The van der Waals surface area contributed by atoms with Gasteiger partial charge in [0.15, 0.2) is 0 Å². The normalized spacial score (nSPS) is 14.5. The van der Waals surface area contributed by atoms with E-state index < -0.39 is 6.23 Å². The first kappa shape index (κ1) is 5.92. The molecule has 0 fully saturated rings. The van der Waals surface area contributed by atoms with Crippen LogP contribution >= 0.6 is 0 Å². The van der Waals surface area contributed by atoms with Crippen molar-refractivity contribution in [3.8, 4) is 0 Å². The van der Waals surface area contributed by atoms with Crippen molar-refractivity contribution in [2.75, 3.05) is 0 Å². The van der Waals surface area contributed by atoms with Gasteiger partial charge in [-0.25, -0.2) is 0 Å². The van der Waals surface area contributed by atoms with Gasteiger partial charge < -0.3 is 5.11 Å². The van der Waals surface area contributed by atoms with E-state index in [4.69, 9.17) is 5.11 Å². The summed E-state index contributed by atoms with van der Waals surface area (Å²) >= 11 is 0. The van der Waals surface area contributed by atoms with E-state index in [1.165, 1.54) is 0 Å². The van der Waals surface area contributed by atoms with Gasteiger partial charge in [-0.1, -0.05) is 0 Å². The molecule has 0 aliphatic carbocycles. The second kappa shape index (κ2) is 3.12. The fraction of sp³-hybridized carbons (Fsp3) is 0.750. The van der Waals surface area contributed by atoms with Gasteiger partial charge in [0.05, 0.1) is 0 Å². The van der Waals surface area contributed by atoms with E-state index in [2.05, 4.69) is 5.32 Å². The SMILES string of the molecule is C[CH]NC(C)O. The quantitative estimate of drug-likeness (QED) is 0.469. The monoisotopic (exact) mass is 88.1 g/mol. The van der Waals surface area contributed by atoms with Crippen LogP contribution in [0.3, 0.4) is 0 Å². The standard InChI is InChI=1S/C4H10NO/c1-3-5-4(2)6/h3-6H,1-2H3. The van der Waals surface area contributed by atoms with Crippen molar-refractivity contribution in [3.63, 3.8) is 0 Å². The molecule has 6 heavy (non-hydrogen) atoms. The fourth-order valence-electron chi connectivity index (χ4n) is 0.241. The number of rotatable bonds is 2. The minimum atomic E-state index is -0.407. The van der Waals surface area contributed by atoms with Gasteiger partial charge in [-0.2, -0.15) is 0 Å². The molecule has 1 atom stereocenters. The predicted molar refractivity (Wildman–Crippen MR) is 24.8 cm³/mol. The second-order valence-corrected chi connectivity index (χ2v) is 1.13. The number of hydrogen-bond donors (Lipinski definition) is 2. The third-order valence-electron chi connectivity index (χ3n) is 0.408. The molecule has 0 saturated carbocycles. The lowest BCUT2D eigenvalue weighted by molar-refractivity contribution is 0.168. The van der Waals surface area contributed by atoms with Crippen molar-refractivity contribution in [2.45, 2.75) is 20.1 Å². The van der Waals surface area contributed by atoms with Gasteiger partial charge in [0.25, 0.3) is 0 Å². The van der Waals surface area contributed by atoms with Gasteiger partial charge in [-0.05, 0) is 13.8 Å². The average Bonchev–Trinajstić information content (AvgIpc) is 1.35.